The third-order valence-electron chi connectivity index (χ3n) is 4.77. The molecule has 0 saturated carbocycles. The summed E-state index contributed by atoms with van der Waals surface area (Å²) in [5, 5.41) is 2.36. The van der Waals surface area contributed by atoms with E-state index in [2.05, 4.69) is 11.1 Å². The lowest BCUT2D eigenvalue weighted by atomic mass is 9.97. The van der Waals surface area contributed by atoms with Crippen LogP contribution in [-0.4, -0.2) is 10.8 Å². The van der Waals surface area contributed by atoms with E-state index in [1.54, 1.807) is 24.3 Å². The molecule has 4 heteroatoms. The number of fused-ring (bicyclic) bond motifs is 1. The first-order valence-corrected chi connectivity index (χ1v) is 9.78. The second-order valence-electron chi connectivity index (χ2n) is 6.67. The molecule has 0 spiro atoms. The Morgan fingerprint density at radius 2 is 1.57 bits per heavy atom. The molecule has 0 aliphatic rings. The number of carbonyl (C=O) groups is 1. The number of ketones is 1. The molecule has 4 rings (SSSR count). The van der Waals surface area contributed by atoms with Crippen LogP contribution in [0, 0.1) is 0 Å². The maximum absolute atomic E-state index is 12.9. The van der Waals surface area contributed by atoms with Crippen molar-refractivity contribution >= 4 is 39.9 Å². The van der Waals surface area contributed by atoms with Crippen LogP contribution >= 0.6 is 23.2 Å². The molecule has 0 N–H and O–H groups in total. The minimum Gasteiger partial charge on any atom is -0.289 e. The fourth-order valence-corrected chi connectivity index (χ4v) is 3.64. The highest BCUT2D eigenvalue weighted by atomic mass is 35.5. The minimum atomic E-state index is -0.0248. The maximum atomic E-state index is 12.9. The SMILES string of the molecule is O=C(c1ccc(Cl)cc1)c1ccc2nccc(CCc3cccc(Cl)c3)c2c1. The van der Waals surface area contributed by atoms with E-state index < -0.39 is 0 Å². The number of pyridine rings is 1. The van der Waals surface area contributed by atoms with Gasteiger partial charge in [0.1, 0.15) is 0 Å². The number of rotatable bonds is 5. The van der Waals surface area contributed by atoms with Crippen molar-refractivity contribution in [1.82, 2.24) is 4.98 Å². The summed E-state index contributed by atoms with van der Waals surface area (Å²) in [7, 11) is 0. The number of halogens is 2. The van der Waals surface area contributed by atoms with Gasteiger partial charge in [0.15, 0.2) is 5.78 Å². The first-order chi connectivity index (χ1) is 13.6. The molecule has 0 saturated heterocycles. The third kappa shape index (κ3) is 4.09. The summed E-state index contributed by atoms with van der Waals surface area (Å²) in [5.74, 6) is -0.0248. The highest BCUT2D eigenvalue weighted by Crippen LogP contribution is 2.23. The Bertz CT molecular complexity index is 1150. The van der Waals surface area contributed by atoms with Gasteiger partial charge in [-0.25, -0.2) is 0 Å². The monoisotopic (exact) mass is 405 g/mol. The van der Waals surface area contributed by atoms with E-state index in [-0.39, 0.29) is 5.78 Å². The van der Waals surface area contributed by atoms with Crippen molar-refractivity contribution in [3.8, 4) is 0 Å². The highest BCUT2D eigenvalue weighted by Gasteiger charge is 2.11. The summed E-state index contributed by atoms with van der Waals surface area (Å²) in [6.07, 6.45) is 3.53. The van der Waals surface area contributed by atoms with Gasteiger partial charge in [-0.15, -0.1) is 0 Å². The summed E-state index contributed by atoms with van der Waals surface area (Å²) in [6, 6.07) is 22.5. The standard InChI is InChI=1S/C24H17Cl2NO/c25-20-9-6-18(7-10-20)24(28)19-8-11-23-22(15-19)17(12-13-27-23)5-4-16-2-1-3-21(26)14-16/h1-3,6-15H,4-5H2. The van der Waals surface area contributed by atoms with Crippen LogP contribution in [-0.2, 0) is 12.8 Å². The summed E-state index contributed by atoms with van der Waals surface area (Å²) >= 11 is 12.0. The van der Waals surface area contributed by atoms with Gasteiger partial charge in [0.05, 0.1) is 5.52 Å². The van der Waals surface area contributed by atoms with Gasteiger partial charge < -0.3 is 0 Å². The molecule has 0 amide bonds. The van der Waals surface area contributed by atoms with Crippen LogP contribution in [0.1, 0.15) is 27.0 Å². The van der Waals surface area contributed by atoms with E-state index in [4.69, 9.17) is 23.2 Å². The van der Waals surface area contributed by atoms with Gasteiger partial charge in [0.25, 0.3) is 0 Å². The molecule has 2 nitrogen and oxygen atoms in total. The van der Waals surface area contributed by atoms with Crippen molar-refractivity contribution in [2.45, 2.75) is 12.8 Å². The second-order valence-corrected chi connectivity index (χ2v) is 7.54. The Morgan fingerprint density at radius 1 is 0.786 bits per heavy atom. The van der Waals surface area contributed by atoms with Crippen LogP contribution in [0.25, 0.3) is 10.9 Å². The molecule has 138 valence electrons. The number of hydrogen-bond donors (Lipinski definition) is 0. The number of benzene rings is 3. The second kappa shape index (κ2) is 8.14. The van der Waals surface area contributed by atoms with E-state index in [0.29, 0.717) is 16.1 Å². The Morgan fingerprint density at radius 3 is 2.36 bits per heavy atom. The zero-order chi connectivity index (χ0) is 19.5. The number of aryl methyl sites for hydroxylation is 2. The van der Waals surface area contributed by atoms with Crippen LogP contribution < -0.4 is 0 Å². The first kappa shape index (κ1) is 18.7. The highest BCUT2D eigenvalue weighted by molar-refractivity contribution is 6.31. The Balaban J connectivity index is 1.65. The number of hydrogen-bond acceptors (Lipinski definition) is 2. The predicted octanol–water partition coefficient (Wildman–Crippen LogP) is 6.56. The van der Waals surface area contributed by atoms with Crippen LogP contribution in [0.4, 0.5) is 0 Å². The summed E-state index contributed by atoms with van der Waals surface area (Å²) in [5.41, 5.74) is 4.50. The number of nitrogens with zero attached hydrogens (tertiary/aromatic N) is 1. The molecule has 0 aliphatic carbocycles. The largest absolute Gasteiger partial charge is 0.289 e. The average Bonchev–Trinajstić information content (AvgIpc) is 2.72. The van der Waals surface area contributed by atoms with E-state index in [9.17, 15) is 4.79 Å². The minimum absolute atomic E-state index is 0.0248. The molecule has 28 heavy (non-hydrogen) atoms. The molecule has 3 aromatic carbocycles. The fraction of sp³-hybridized carbons (Fsp3) is 0.0833. The first-order valence-electron chi connectivity index (χ1n) is 9.02. The van der Waals surface area contributed by atoms with Crippen LogP contribution in [0.2, 0.25) is 10.0 Å². The molecule has 0 unspecified atom stereocenters. The van der Waals surface area contributed by atoms with Crippen molar-refractivity contribution in [3.63, 3.8) is 0 Å². The lowest BCUT2D eigenvalue weighted by Crippen LogP contribution is -2.02. The molecule has 0 atom stereocenters. The van der Waals surface area contributed by atoms with Gasteiger partial charge in [-0.05, 0) is 84.6 Å². The number of aromatic nitrogens is 1. The topological polar surface area (TPSA) is 30.0 Å². The van der Waals surface area contributed by atoms with Gasteiger partial charge >= 0.3 is 0 Å². The molecular formula is C24H17Cl2NO. The van der Waals surface area contributed by atoms with Crippen LogP contribution in [0.5, 0.6) is 0 Å². The third-order valence-corrected chi connectivity index (χ3v) is 5.26. The van der Waals surface area contributed by atoms with Gasteiger partial charge in [0, 0.05) is 32.8 Å². The van der Waals surface area contributed by atoms with E-state index in [0.717, 1.165) is 34.3 Å². The molecule has 1 heterocycles. The Labute approximate surface area is 173 Å². The fourth-order valence-electron chi connectivity index (χ4n) is 3.30. The summed E-state index contributed by atoms with van der Waals surface area (Å²) in [4.78, 5) is 17.3. The van der Waals surface area contributed by atoms with Gasteiger partial charge in [-0.2, -0.15) is 0 Å². The zero-order valence-corrected chi connectivity index (χ0v) is 16.5. The maximum Gasteiger partial charge on any atom is 0.193 e. The van der Waals surface area contributed by atoms with E-state index in [1.165, 1.54) is 5.56 Å². The molecule has 0 fully saturated rings. The van der Waals surface area contributed by atoms with Gasteiger partial charge in [-0.3, -0.25) is 9.78 Å². The van der Waals surface area contributed by atoms with Crippen LogP contribution in [0.15, 0.2) is 79.0 Å². The molecule has 0 aliphatic heterocycles. The predicted molar refractivity (Wildman–Crippen MR) is 115 cm³/mol. The quantitative estimate of drug-likeness (QED) is 0.352. The van der Waals surface area contributed by atoms with Crippen molar-refractivity contribution in [1.29, 1.82) is 0 Å². The van der Waals surface area contributed by atoms with Gasteiger partial charge in [0.2, 0.25) is 0 Å². The normalized spacial score (nSPS) is 10.9. The van der Waals surface area contributed by atoms with E-state index >= 15 is 0 Å². The van der Waals surface area contributed by atoms with Crippen molar-refractivity contribution in [2.75, 3.05) is 0 Å². The summed E-state index contributed by atoms with van der Waals surface area (Å²) < 4.78 is 0. The smallest absolute Gasteiger partial charge is 0.193 e. The molecule has 1 aromatic heterocycles. The van der Waals surface area contributed by atoms with Crippen molar-refractivity contribution in [2.24, 2.45) is 0 Å². The average molecular weight is 406 g/mol. The summed E-state index contributed by atoms with van der Waals surface area (Å²) in [6.45, 7) is 0. The van der Waals surface area contributed by atoms with Gasteiger partial charge in [-0.1, -0.05) is 35.3 Å². The molecular weight excluding hydrogens is 389 g/mol. The molecule has 0 radical (unpaired) electrons. The lowest BCUT2D eigenvalue weighted by Gasteiger charge is -2.09. The lowest BCUT2D eigenvalue weighted by molar-refractivity contribution is 0.103. The van der Waals surface area contributed by atoms with Crippen molar-refractivity contribution < 1.29 is 4.79 Å². The number of carbonyl (C=O) groups excluding carboxylic acids is 1. The zero-order valence-electron chi connectivity index (χ0n) is 15.0. The molecule has 4 aromatic rings. The Kier molecular flexibility index (Phi) is 5.43. The van der Waals surface area contributed by atoms with E-state index in [1.807, 2.05) is 48.7 Å². The molecule has 0 bridgehead atoms. The Hall–Kier alpha value is -2.68. The van der Waals surface area contributed by atoms with Crippen LogP contribution in [0.3, 0.4) is 0 Å². The van der Waals surface area contributed by atoms with Crippen molar-refractivity contribution in [3.05, 3.63) is 111 Å².